The molecule has 1 saturated heterocycles. The van der Waals surface area contributed by atoms with Crippen LogP contribution < -0.4 is 4.90 Å². The van der Waals surface area contributed by atoms with Crippen molar-refractivity contribution < 1.29 is 0 Å². The number of nitrogens with one attached hydrogen (secondary N) is 1. The van der Waals surface area contributed by atoms with Gasteiger partial charge in [0.25, 0.3) is 0 Å². The molecule has 5 nitrogen and oxygen atoms in total. The number of aromatic nitrogens is 3. The Morgan fingerprint density at radius 2 is 1.84 bits per heavy atom. The maximum atomic E-state index is 4.50. The summed E-state index contributed by atoms with van der Waals surface area (Å²) in [6, 6.07) is 8.55. The predicted molar refractivity (Wildman–Crippen MR) is 102 cm³/mol. The van der Waals surface area contributed by atoms with Crippen LogP contribution in [0.1, 0.15) is 16.8 Å². The molecule has 1 aromatic carbocycles. The summed E-state index contributed by atoms with van der Waals surface area (Å²) in [5.74, 6) is 1.10. The van der Waals surface area contributed by atoms with Crippen LogP contribution in [-0.2, 0) is 6.42 Å². The fraction of sp³-hybridized carbons (Fsp3) is 0.400. The fourth-order valence-electron chi connectivity index (χ4n) is 3.64. The number of rotatable bonds is 4. The molecular formula is C20H25N5. The first-order valence-corrected chi connectivity index (χ1v) is 9.03. The third kappa shape index (κ3) is 3.24. The highest BCUT2D eigenvalue weighted by Crippen LogP contribution is 2.21. The molecule has 25 heavy (non-hydrogen) atoms. The molecule has 1 aliphatic rings. The first-order chi connectivity index (χ1) is 12.2. The van der Waals surface area contributed by atoms with E-state index in [1.54, 1.807) is 6.33 Å². The predicted octanol–water partition coefficient (Wildman–Crippen LogP) is 2.94. The Hall–Kier alpha value is -2.40. The van der Waals surface area contributed by atoms with E-state index in [1.807, 2.05) is 0 Å². The van der Waals surface area contributed by atoms with Crippen molar-refractivity contribution in [3.63, 3.8) is 0 Å². The van der Waals surface area contributed by atoms with Gasteiger partial charge < -0.3 is 9.88 Å². The molecule has 2 aromatic heterocycles. The molecule has 0 atom stereocenters. The highest BCUT2D eigenvalue weighted by molar-refractivity contribution is 5.83. The second-order valence-electron chi connectivity index (χ2n) is 6.85. The Kier molecular flexibility index (Phi) is 4.40. The zero-order valence-corrected chi connectivity index (χ0v) is 15.0. The first kappa shape index (κ1) is 16.1. The summed E-state index contributed by atoms with van der Waals surface area (Å²) in [6.45, 7) is 9.52. The number of fused-ring (bicyclic) bond motifs is 1. The average molecular weight is 335 g/mol. The summed E-state index contributed by atoms with van der Waals surface area (Å²) in [5, 5.41) is 1.35. The summed E-state index contributed by atoms with van der Waals surface area (Å²) >= 11 is 0. The smallest absolute Gasteiger partial charge is 0.135 e. The molecule has 1 N–H and O–H groups in total. The minimum absolute atomic E-state index is 1.03. The van der Waals surface area contributed by atoms with Gasteiger partial charge in [-0.25, -0.2) is 9.97 Å². The monoisotopic (exact) mass is 335 g/mol. The Labute approximate surface area is 148 Å². The van der Waals surface area contributed by atoms with Crippen molar-refractivity contribution in [3.8, 4) is 0 Å². The van der Waals surface area contributed by atoms with Crippen LogP contribution in [0.4, 0.5) is 5.82 Å². The van der Waals surface area contributed by atoms with Gasteiger partial charge in [0, 0.05) is 61.1 Å². The Morgan fingerprint density at radius 1 is 1.04 bits per heavy atom. The van der Waals surface area contributed by atoms with E-state index in [2.05, 4.69) is 69.1 Å². The third-order valence-electron chi connectivity index (χ3n) is 5.35. The lowest BCUT2D eigenvalue weighted by Gasteiger charge is -2.36. The molecule has 4 rings (SSSR count). The molecule has 1 aliphatic heterocycles. The van der Waals surface area contributed by atoms with E-state index in [1.165, 1.54) is 22.0 Å². The number of nitrogens with zero attached hydrogens (tertiary/aromatic N) is 4. The van der Waals surface area contributed by atoms with E-state index < -0.39 is 0 Å². The van der Waals surface area contributed by atoms with Gasteiger partial charge in [0.1, 0.15) is 12.1 Å². The molecule has 3 aromatic rings. The second-order valence-corrected chi connectivity index (χ2v) is 6.85. The van der Waals surface area contributed by atoms with Crippen molar-refractivity contribution in [3.05, 3.63) is 53.6 Å². The largest absolute Gasteiger partial charge is 0.361 e. The quantitative estimate of drug-likeness (QED) is 0.796. The van der Waals surface area contributed by atoms with Crippen LogP contribution in [0.3, 0.4) is 0 Å². The van der Waals surface area contributed by atoms with Gasteiger partial charge in [-0.2, -0.15) is 0 Å². The summed E-state index contributed by atoms with van der Waals surface area (Å²) in [4.78, 5) is 17.1. The van der Waals surface area contributed by atoms with E-state index >= 15 is 0 Å². The van der Waals surface area contributed by atoms with E-state index in [-0.39, 0.29) is 0 Å². The number of anilines is 1. The summed E-state index contributed by atoms with van der Waals surface area (Å²) in [6.07, 6.45) is 4.94. The number of piperazine rings is 1. The van der Waals surface area contributed by atoms with Gasteiger partial charge in [-0.05, 0) is 31.9 Å². The van der Waals surface area contributed by atoms with Crippen molar-refractivity contribution in [1.82, 2.24) is 19.9 Å². The lowest BCUT2D eigenvalue weighted by atomic mass is 10.1. The molecule has 0 radical (unpaired) electrons. The van der Waals surface area contributed by atoms with Crippen LogP contribution in [0.2, 0.25) is 0 Å². The lowest BCUT2D eigenvalue weighted by molar-refractivity contribution is 0.260. The number of aryl methyl sites for hydroxylation is 1. The normalized spacial score (nSPS) is 15.8. The molecule has 0 bridgehead atoms. The third-order valence-corrected chi connectivity index (χ3v) is 5.35. The molecule has 0 aliphatic carbocycles. The van der Waals surface area contributed by atoms with Crippen LogP contribution in [0, 0.1) is 13.8 Å². The van der Waals surface area contributed by atoms with Gasteiger partial charge in [-0.3, -0.25) is 4.90 Å². The Morgan fingerprint density at radius 3 is 2.68 bits per heavy atom. The van der Waals surface area contributed by atoms with Crippen LogP contribution in [0.25, 0.3) is 10.9 Å². The molecular weight excluding hydrogens is 310 g/mol. The number of hydrogen-bond donors (Lipinski definition) is 1. The second kappa shape index (κ2) is 6.84. The van der Waals surface area contributed by atoms with E-state index in [0.717, 1.165) is 50.7 Å². The highest BCUT2D eigenvalue weighted by Gasteiger charge is 2.20. The zero-order valence-electron chi connectivity index (χ0n) is 15.0. The maximum Gasteiger partial charge on any atom is 0.135 e. The van der Waals surface area contributed by atoms with Crippen molar-refractivity contribution in [2.45, 2.75) is 20.3 Å². The van der Waals surface area contributed by atoms with Crippen LogP contribution >= 0.6 is 0 Å². The number of H-pyrrole nitrogens is 1. The molecule has 0 spiro atoms. The average Bonchev–Trinajstić information content (AvgIpc) is 3.06. The lowest BCUT2D eigenvalue weighted by Crippen LogP contribution is -2.47. The summed E-state index contributed by atoms with van der Waals surface area (Å²) < 4.78 is 0. The Bertz CT molecular complexity index is 861. The van der Waals surface area contributed by atoms with Crippen LogP contribution in [0.15, 0.2) is 36.8 Å². The van der Waals surface area contributed by atoms with E-state index in [4.69, 9.17) is 0 Å². The minimum Gasteiger partial charge on any atom is -0.361 e. The van der Waals surface area contributed by atoms with Gasteiger partial charge in [0.05, 0.1) is 0 Å². The van der Waals surface area contributed by atoms with Crippen molar-refractivity contribution in [2.24, 2.45) is 0 Å². The molecule has 0 unspecified atom stereocenters. The molecule has 5 heteroatoms. The standard InChI is InChI=1S/C20H25N5/c1-15-16(2)22-14-23-20(15)25-11-9-24(10-12-25)8-7-17-13-21-19-6-4-3-5-18(17)19/h3-6,13-14,21H,7-12H2,1-2H3. The summed E-state index contributed by atoms with van der Waals surface area (Å²) in [5.41, 5.74) is 4.93. The van der Waals surface area contributed by atoms with Crippen molar-refractivity contribution in [1.29, 1.82) is 0 Å². The van der Waals surface area contributed by atoms with Gasteiger partial charge in [-0.1, -0.05) is 18.2 Å². The maximum absolute atomic E-state index is 4.50. The SMILES string of the molecule is Cc1ncnc(N2CCN(CCc3c[nH]c4ccccc34)CC2)c1C. The van der Waals surface area contributed by atoms with E-state index in [0.29, 0.717) is 0 Å². The minimum atomic E-state index is 1.03. The van der Waals surface area contributed by atoms with Crippen LogP contribution in [-0.4, -0.2) is 52.6 Å². The first-order valence-electron chi connectivity index (χ1n) is 9.03. The van der Waals surface area contributed by atoms with Gasteiger partial charge in [0.15, 0.2) is 0 Å². The molecule has 1 fully saturated rings. The van der Waals surface area contributed by atoms with Crippen LogP contribution in [0.5, 0.6) is 0 Å². The highest BCUT2D eigenvalue weighted by atomic mass is 15.3. The molecule has 0 saturated carbocycles. The van der Waals surface area contributed by atoms with Crippen molar-refractivity contribution >= 4 is 16.7 Å². The fourth-order valence-corrected chi connectivity index (χ4v) is 3.64. The number of para-hydroxylation sites is 1. The zero-order chi connectivity index (χ0) is 17.2. The molecule has 0 amide bonds. The number of aromatic amines is 1. The van der Waals surface area contributed by atoms with E-state index in [9.17, 15) is 0 Å². The number of benzene rings is 1. The van der Waals surface area contributed by atoms with Crippen molar-refractivity contribution in [2.75, 3.05) is 37.6 Å². The molecule has 130 valence electrons. The summed E-state index contributed by atoms with van der Waals surface area (Å²) in [7, 11) is 0. The number of hydrogen-bond acceptors (Lipinski definition) is 4. The molecule has 3 heterocycles. The van der Waals surface area contributed by atoms with Gasteiger partial charge in [0.2, 0.25) is 0 Å². The topological polar surface area (TPSA) is 48.1 Å². The Balaban J connectivity index is 1.35. The van der Waals surface area contributed by atoms with Gasteiger partial charge >= 0.3 is 0 Å². The van der Waals surface area contributed by atoms with Gasteiger partial charge in [-0.15, -0.1) is 0 Å².